The van der Waals surface area contributed by atoms with Crippen LogP contribution in [0.15, 0.2) is 0 Å². The molecule has 1 unspecified atom stereocenters. The van der Waals surface area contributed by atoms with Crippen LogP contribution in [0.1, 0.15) is 19.8 Å². The molecule has 5 N–H and O–H groups in total. The normalized spacial score (nSPS) is 14.3. The monoisotopic (exact) mass is 285 g/mol. The number of primary amides is 1. The lowest BCUT2D eigenvalue weighted by Crippen LogP contribution is -2.63. The van der Waals surface area contributed by atoms with Crippen molar-refractivity contribution in [3.05, 3.63) is 0 Å². The molecule has 1 atom stereocenters. The summed E-state index contributed by atoms with van der Waals surface area (Å²) in [4.78, 5) is 32.1. The average molecular weight is 285 g/mol. The molecule has 19 heavy (non-hydrogen) atoms. The van der Waals surface area contributed by atoms with Crippen molar-refractivity contribution in [1.29, 1.82) is 0 Å². The van der Waals surface area contributed by atoms with Gasteiger partial charge < -0.3 is 21.5 Å². The zero-order valence-corrected chi connectivity index (χ0v) is 10.0. The largest absolute Gasteiger partial charge is 0.479 e. The highest BCUT2D eigenvalue weighted by molar-refractivity contribution is 5.86. The summed E-state index contributed by atoms with van der Waals surface area (Å²) in [5, 5.41) is 11.9. The van der Waals surface area contributed by atoms with Gasteiger partial charge in [0.05, 0.1) is 0 Å². The van der Waals surface area contributed by atoms with Gasteiger partial charge in [-0.2, -0.15) is 13.2 Å². The van der Waals surface area contributed by atoms with Gasteiger partial charge in [0.2, 0.25) is 11.4 Å². The average Bonchev–Trinajstić information content (AvgIpc) is 2.22. The molecule has 0 heterocycles. The maximum atomic E-state index is 12.5. The van der Waals surface area contributed by atoms with Gasteiger partial charge in [0.25, 0.3) is 0 Å². The molecule has 0 aliphatic heterocycles. The Labute approximate surface area is 106 Å². The van der Waals surface area contributed by atoms with Gasteiger partial charge in [-0.3, -0.25) is 4.79 Å². The lowest BCUT2D eigenvalue weighted by Gasteiger charge is -2.28. The van der Waals surface area contributed by atoms with E-state index in [1.165, 1.54) is 5.32 Å². The van der Waals surface area contributed by atoms with E-state index in [-0.39, 0.29) is 19.4 Å². The summed E-state index contributed by atoms with van der Waals surface area (Å²) in [5.41, 5.74) is 1.43. The van der Waals surface area contributed by atoms with E-state index in [0.29, 0.717) is 6.92 Å². The molecule has 0 aliphatic carbocycles. The molecule has 0 spiro atoms. The van der Waals surface area contributed by atoms with Gasteiger partial charge in [0.1, 0.15) is 0 Å². The summed E-state index contributed by atoms with van der Waals surface area (Å²) in [6, 6.07) is -1.30. The second kappa shape index (κ2) is 6.25. The van der Waals surface area contributed by atoms with Gasteiger partial charge in [-0.05, 0) is 13.3 Å². The molecule has 0 aromatic heterocycles. The number of carboxylic acids is 1. The predicted molar refractivity (Wildman–Crippen MR) is 57.1 cm³/mol. The molecule has 0 saturated heterocycles. The highest BCUT2D eigenvalue weighted by Gasteiger charge is 2.58. The van der Waals surface area contributed by atoms with Gasteiger partial charge in [-0.25, -0.2) is 9.59 Å². The molecule has 10 heteroatoms. The third-order valence-electron chi connectivity index (χ3n) is 2.24. The number of carbonyl (C=O) groups is 3. The number of aliphatic carboxylic acids is 1. The van der Waals surface area contributed by atoms with E-state index >= 15 is 0 Å². The van der Waals surface area contributed by atoms with E-state index in [1.54, 1.807) is 0 Å². The quantitative estimate of drug-likeness (QED) is 0.511. The second-order valence-electron chi connectivity index (χ2n) is 3.88. The fourth-order valence-electron chi connectivity index (χ4n) is 0.981. The molecule has 0 aliphatic rings. The van der Waals surface area contributed by atoms with Crippen molar-refractivity contribution in [2.75, 3.05) is 6.54 Å². The number of carbonyl (C=O) groups excluding carboxylic acids is 2. The number of carboxylic acid groups (broad SMARTS) is 1. The SMILES string of the molecule is CC(NC(=O)NCCCC(N)=O)(C(=O)O)C(F)(F)F. The molecule has 3 amide bonds. The van der Waals surface area contributed by atoms with Crippen LogP contribution in [0, 0.1) is 0 Å². The second-order valence-corrected chi connectivity index (χ2v) is 3.88. The van der Waals surface area contributed by atoms with Crippen LogP contribution in [0.2, 0.25) is 0 Å². The highest BCUT2D eigenvalue weighted by atomic mass is 19.4. The number of nitrogens with two attached hydrogens (primary N) is 1. The van der Waals surface area contributed by atoms with Crippen LogP contribution in [-0.4, -0.2) is 41.3 Å². The predicted octanol–water partition coefficient (Wildman–Crippen LogP) is -0.0433. The minimum Gasteiger partial charge on any atom is -0.479 e. The van der Waals surface area contributed by atoms with Crippen LogP contribution >= 0.6 is 0 Å². The molecule has 0 aromatic carbocycles. The number of hydrogen-bond acceptors (Lipinski definition) is 3. The maximum absolute atomic E-state index is 12.5. The fraction of sp³-hybridized carbons (Fsp3) is 0.667. The lowest BCUT2D eigenvalue weighted by atomic mass is 10.0. The number of rotatable bonds is 6. The Morgan fingerprint density at radius 2 is 1.79 bits per heavy atom. The van der Waals surface area contributed by atoms with E-state index in [9.17, 15) is 27.6 Å². The number of hydrogen-bond donors (Lipinski definition) is 4. The van der Waals surface area contributed by atoms with E-state index in [2.05, 4.69) is 0 Å². The first-order chi connectivity index (χ1) is 8.50. The third kappa shape index (κ3) is 5.02. The van der Waals surface area contributed by atoms with E-state index in [4.69, 9.17) is 10.8 Å². The smallest absolute Gasteiger partial charge is 0.422 e. The number of nitrogens with one attached hydrogen (secondary N) is 2. The van der Waals surface area contributed by atoms with Gasteiger partial charge in [-0.1, -0.05) is 0 Å². The molecule has 110 valence electrons. The van der Waals surface area contributed by atoms with E-state index in [0.717, 1.165) is 0 Å². The molecule has 0 fully saturated rings. The van der Waals surface area contributed by atoms with Crippen molar-refractivity contribution < 1.29 is 32.7 Å². The molecule has 0 saturated carbocycles. The Morgan fingerprint density at radius 3 is 2.16 bits per heavy atom. The summed E-state index contributed by atoms with van der Waals surface area (Å²) in [5.74, 6) is -2.85. The topological polar surface area (TPSA) is 122 Å². The van der Waals surface area contributed by atoms with Crippen molar-refractivity contribution in [1.82, 2.24) is 10.6 Å². The molecule has 0 rings (SSSR count). The Hall–Kier alpha value is -2.00. The summed E-state index contributed by atoms with van der Waals surface area (Å²) in [7, 11) is 0. The summed E-state index contributed by atoms with van der Waals surface area (Å²) < 4.78 is 37.6. The molecule has 0 aromatic rings. The minimum absolute atomic E-state index is 0.0459. The van der Waals surface area contributed by atoms with E-state index < -0.39 is 29.6 Å². The van der Waals surface area contributed by atoms with Crippen molar-refractivity contribution in [2.45, 2.75) is 31.5 Å². The van der Waals surface area contributed by atoms with Crippen molar-refractivity contribution in [3.63, 3.8) is 0 Å². The minimum atomic E-state index is -5.15. The van der Waals surface area contributed by atoms with Crippen LogP contribution in [0.5, 0.6) is 0 Å². The zero-order chi connectivity index (χ0) is 15.3. The summed E-state index contributed by atoms with van der Waals surface area (Å²) in [6.07, 6.45) is -5.06. The first-order valence-electron chi connectivity index (χ1n) is 5.15. The Morgan fingerprint density at radius 1 is 1.26 bits per heavy atom. The standard InChI is InChI=1S/C9H14F3N3O4/c1-8(6(17)18,9(10,11)12)15-7(19)14-4-2-3-5(13)16/h2-4H2,1H3,(H2,13,16)(H,17,18)(H2,14,15,19). The third-order valence-corrected chi connectivity index (χ3v) is 2.24. The maximum Gasteiger partial charge on any atom is 0.422 e. The van der Waals surface area contributed by atoms with Crippen molar-refractivity contribution >= 4 is 17.9 Å². The first kappa shape index (κ1) is 17.0. The van der Waals surface area contributed by atoms with Gasteiger partial charge >= 0.3 is 18.2 Å². The lowest BCUT2D eigenvalue weighted by molar-refractivity contribution is -0.203. The molecule has 0 bridgehead atoms. The van der Waals surface area contributed by atoms with Crippen LogP contribution in [0.4, 0.5) is 18.0 Å². The van der Waals surface area contributed by atoms with Crippen LogP contribution in [-0.2, 0) is 9.59 Å². The van der Waals surface area contributed by atoms with Crippen LogP contribution in [0.3, 0.4) is 0 Å². The molecule has 7 nitrogen and oxygen atoms in total. The van der Waals surface area contributed by atoms with Crippen LogP contribution < -0.4 is 16.4 Å². The Kier molecular flexibility index (Phi) is 5.59. The highest BCUT2D eigenvalue weighted by Crippen LogP contribution is 2.30. The van der Waals surface area contributed by atoms with E-state index in [1.807, 2.05) is 5.32 Å². The number of amides is 3. The number of urea groups is 1. The Balaban J connectivity index is 4.43. The first-order valence-corrected chi connectivity index (χ1v) is 5.15. The fourth-order valence-corrected chi connectivity index (χ4v) is 0.981. The summed E-state index contributed by atoms with van der Waals surface area (Å²) >= 11 is 0. The van der Waals surface area contributed by atoms with Crippen molar-refractivity contribution in [2.24, 2.45) is 5.73 Å². The molecular weight excluding hydrogens is 271 g/mol. The zero-order valence-electron chi connectivity index (χ0n) is 10.0. The van der Waals surface area contributed by atoms with Crippen molar-refractivity contribution in [3.8, 4) is 0 Å². The number of alkyl halides is 3. The summed E-state index contributed by atoms with van der Waals surface area (Å²) in [6.45, 7) is 0.223. The van der Waals surface area contributed by atoms with Gasteiger partial charge in [0.15, 0.2) is 0 Å². The van der Waals surface area contributed by atoms with Gasteiger partial charge in [0, 0.05) is 13.0 Å². The molecule has 0 radical (unpaired) electrons. The molecular formula is C9H14F3N3O4. The Bertz CT molecular complexity index is 372. The number of halogens is 3. The van der Waals surface area contributed by atoms with Gasteiger partial charge in [-0.15, -0.1) is 0 Å². The van der Waals surface area contributed by atoms with Crippen LogP contribution in [0.25, 0.3) is 0 Å².